The van der Waals surface area contributed by atoms with Crippen LogP contribution < -0.4 is 11.1 Å². The molecule has 0 unspecified atom stereocenters. The Morgan fingerprint density at radius 1 is 1.40 bits per heavy atom. The summed E-state index contributed by atoms with van der Waals surface area (Å²) < 4.78 is 1.07. The number of anilines is 1. The molecule has 0 saturated carbocycles. The molecule has 0 aliphatic rings. The molecule has 0 radical (unpaired) electrons. The van der Waals surface area contributed by atoms with Crippen molar-refractivity contribution in [2.75, 3.05) is 12.3 Å². The van der Waals surface area contributed by atoms with E-state index in [0.717, 1.165) is 22.2 Å². The first kappa shape index (κ1) is 12.7. The second-order valence-corrected chi connectivity index (χ2v) is 5.57. The molecule has 6 heteroatoms. The first-order valence-electron chi connectivity index (χ1n) is 6.27. The Morgan fingerprint density at radius 2 is 2.30 bits per heavy atom. The molecule has 20 heavy (non-hydrogen) atoms. The van der Waals surface area contributed by atoms with E-state index in [0.29, 0.717) is 17.1 Å². The van der Waals surface area contributed by atoms with Crippen molar-refractivity contribution in [3.05, 3.63) is 47.4 Å². The quantitative estimate of drug-likeness (QED) is 0.643. The van der Waals surface area contributed by atoms with E-state index in [1.54, 1.807) is 12.5 Å². The highest BCUT2D eigenvalue weighted by molar-refractivity contribution is 7.20. The summed E-state index contributed by atoms with van der Waals surface area (Å²) in [6, 6.07) is 7.55. The second kappa shape index (κ2) is 5.34. The minimum Gasteiger partial charge on any atom is -0.399 e. The van der Waals surface area contributed by atoms with Gasteiger partial charge in [-0.05, 0) is 29.7 Å². The Hall–Kier alpha value is -2.34. The molecule has 0 bridgehead atoms. The number of carbonyl (C=O) groups is 1. The monoisotopic (exact) mass is 286 g/mol. The summed E-state index contributed by atoms with van der Waals surface area (Å²) in [5, 5.41) is 3.91. The van der Waals surface area contributed by atoms with Gasteiger partial charge in [-0.3, -0.25) is 4.79 Å². The highest BCUT2D eigenvalue weighted by Crippen LogP contribution is 2.27. The van der Waals surface area contributed by atoms with Crippen molar-refractivity contribution in [1.29, 1.82) is 0 Å². The molecule has 4 N–H and O–H groups in total. The number of imidazole rings is 1. The second-order valence-electron chi connectivity index (χ2n) is 4.49. The van der Waals surface area contributed by atoms with Gasteiger partial charge in [0.15, 0.2) is 0 Å². The average Bonchev–Trinajstić information content (AvgIpc) is 3.06. The normalized spacial score (nSPS) is 10.8. The lowest BCUT2D eigenvalue weighted by Gasteiger charge is -2.01. The van der Waals surface area contributed by atoms with Crippen molar-refractivity contribution in [3.8, 4) is 0 Å². The third kappa shape index (κ3) is 2.65. The fraction of sp³-hybridized carbons (Fsp3) is 0.143. The Kier molecular flexibility index (Phi) is 3.39. The molecular weight excluding hydrogens is 272 g/mol. The molecule has 2 heterocycles. The van der Waals surface area contributed by atoms with Crippen LogP contribution in [0.2, 0.25) is 0 Å². The predicted molar refractivity (Wildman–Crippen MR) is 80.9 cm³/mol. The number of aromatic nitrogens is 2. The van der Waals surface area contributed by atoms with Crippen molar-refractivity contribution in [1.82, 2.24) is 15.3 Å². The first-order valence-corrected chi connectivity index (χ1v) is 7.08. The summed E-state index contributed by atoms with van der Waals surface area (Å²) in [5.41, 5.74) is 7.46. The molecule has 0 saturated heterocycles. The minimum absolute atomic E-state index is 0.0516. The number of nitrogens with two attached hydrogens (primary N) is 1. The molecule has 0 aliphatic carbocycles. The Morgan fingerprint density at radius 3 is 3.10 bits per heavy atom. The van der Waals surface area contributed by atoms with Crippen LogP contribution in [0.1, 0.15) is 15.4 Å². The van der Waals surface area contributed by atoms with E-state index in [4.69, 9.17) is 5.73 Å². The van der Waals surface area contributed by atoms with E-state index >= 15 is 0 Å². The van der Waals surface area contributed by atoms with Gasteiger partial charge in [0, 0.05) is 35.2 Å². The number of hydrogen-bond donors (Lipinski definition) is 3. The largest absolute Gasteiger partial charge is 0.399 e. The van der Waals surface area contributed by atoms with Crippen LogP contribution >= 0.6 is 11.3 Å². The summed E-state index contributed by atoms with van der Waals surface area (Å²) in [7, 11) is 0. The zero-order valence-electron chi connectivity index (χ0n) is 10.7. The number of nitrogens with zero attached hydrogens (tertiary/aromatic N) is 1. The molecule has 0 spiro atoms. The van der Waals surface area contributed by atoms with Crippen molar-refractivity contribution in [3.63, 3.8) is 0 Å². The van der Waals surface area contributed by atoms with Crippen molar-refractivity contribution >= 4 is 33.0 Å². The highest BCUT2D eigenvalue weighted by atomic mass is 32.1. The number of nitrogen functional groups attached to an aromatic ring is 1. The van der Waals surface area contributed by atoms with E-state index in [9.17, 15) is 4.79 Å². The van der Waals surface area contributed by atoms with E-state index in [1.165, 1.54) is 11.3 Å². The van der Waals surface area contributed by atoms with Gasteiger partial charge in [0.2, 0.25) is 0 Å². The van der Waals surface area contributed by atoms with Gasteiger partial charge < -0.3 is 16.0 Å². The third-order valence-electron chi connectivity index (χ3n) is 3.00. The van der Waals surface area contributed by atoms with Crippen molar-refractivity contribution in [2.24, 2.45) is 0 Å². The molecule has 2 aromatic heterocycles. The molecule has 0 atom stereocenters. The lowest BCUT2D eigenvalue weighted by molar-refractivity contribution is 0.0958. The van der Waals surface area contributed by atoms with E-state index in [1.807, 2.05) is 24.3 Å². The zero-order valence-corrected chi connectivity index (χ0v) is 11.5. The van der Waals surface area contributed by atoms with Crippen LogP contribution in [0.4, 0.5) is 5.69 Å². The summed E-state index contributed by atoms with van der Waals surface area (Å²) in [5.74, 6) is -0.0516. The smallest absolute Gasteiger partial charge is 0.261 e. The number of aromatic amines is 1. The predicted octanol–water partition coefficient (Wildman–Crippen LogP) is 2.18. The van der Waals surface area contributed by atoms with Gasteiger partial charge in [0.1, 0.15) is 0 Å². The topological polar surface area (TPSA) is 83.8 Å². The van der Waals surface area contributed by atoms with Crippen LogP contribution in [0, 0.1) is 0 Å². The number of hydrogen-bond acceptors (Lipinski definition) is 4. The van der Waals surface area contributed by atoms with Crippen LogP contribution in [-0.4, -0.2) is 22.4 Å². The number of carbonyl (C=O) groups excluding carboxylic acids is 1. The molecule has 1 aromatic carbocycles. The minimum atomic E-state index is -0.0516. The number of benzene rings is 1. The van der Waals surface area contributed by atoms with E-state index in [2.05, 4.69) is 15.3 Å². The van der Waals surface area contributed by atoms with E-state index in [-0.39, 0.29) is 5.91 Å². The molecule has 102 valence electrons. The molecular formula is C14H14N4OS. The standard InChI is InChI=1S/C14H14N4OS/c15-10-1-2-12-9(5-10)6-13(20-12)14(19)17-4-3-11-7-16-8-18-11/h1-2,5-8H,3-4,15H2,(H,16,18)(H,17,19). The van der Waals surface area contributed by atoms with Gasteiger partial charge in [-0.2, -0.15) is 0 Å². The zero-order chi connectivity index (χ0) is 13.9. The average molecular weight is 286 g/mol. The van der Waals surface area contributed by atoms with E-state index < -0.39 is 0 Å². The van der Waals surface area contributed by atoms with Crippen LogP contribution in [0.5, 0.6) is 0 Å². The fourth-order valence-electron chi connectivity index (χ4n) is 1.99. The lowest BCUT2D eigenvalue weighted by atomic mass is 10.2. The van der Waals surface area contributed by atoms with Crippen molar-refractivity contribution in [2.45, 2.75) is 6.42 Å². The van der Waals surface area contributed by atoms with Crippen LogP contribution in [0.15, 0.2) is 36.8 Å². The van der Waals surface area contributed by atoms with Crippen LogP contribution in [-0.2, 0) is 6.42 Å². The van der Waals surface area contributed by atoms with Gasteiger partial charge in [0.25, 0.3) is 5.91 Å². The number of nitrogens with one attached hydrogen (secondary N) is 2. The summed E-state index contributed by atoms with van der Waals surface area (Å²) in [6.45, 7) is 0.581. The Bertz CT molecular complexity index is 733. The maximum atomic E-state index is 12.1. The summed E-state index contributed by atoms with van der Waals surface area (Å²) in [6.07, 6.45) is 4.13. The Balaban J connectivity index is 1.66. The number of H-pyrrole nitrogens is 1. The fourth-order valence-corrected chi connectivity index (χ4v) is 2.95. The van der Waals surface area contributed by atoms with Crippen molar-refractivity contribution < 1.29 is 4.79 Å². The number of thiophene rings is 1. The maximum Gasteiger partial charge on any atom is 0.261 e. The molecule has 3 aromatic rings. The summed E-state index contributed by atoms with van der Waals surface area (Å²) >= 11 is 1.47. The lowest BCUT2D eigenvalue weighted by Crippen LogP contribution is -2.24. The molecule has 0 aliphatic heterocycles. The van der Waals surface area contributed by atoms with Gasteiger partial charge in [-0.25, -0.2) is 4.98 Å². The van der Waals surface area contributed by atoms with Gasteiger partial charge >= 0.3 is 0 Å². The molecule has 5 nitrogen and oxygen atoms in total. The van der Waals surface area contributed by atoms with Crippen LogP contribution in [0.25, 0.3) is 10.1 Å². The third-order valence-corrected chi connectivity index (χ3v) is 4.11. The number of rotatable bonds is 4. The summed E-state index contributed by atoms with van der Waals surface area (Å²) in [4.78, 5) is 19.7. The molecule has 3 rings (SSSR count). The van der Waals surface area contributed by atoms with Gasteiger partial charge in [-0.15, -0.1) is 11.3 Å². The van der Waals surface area contributed by atoms with Crippen LogP contribution in [0.3, 0.4) is 0 Å². The van der Waals surface area contributed by atoms with Gasteiger partial charge in [-0.1, -0.05) is 0 Å². The highest BCUT2D eigenvalue weighted by Gasteiger charge is 2.10. The molecule has 1 amide bonds. The first-order chi connectivity index (χ1) is 9.72. The number of fused-ring (bicyclic) bond motifs is 1. The maximum absolute atomic E-state index is 12.1. The molecule has 0 fully saturated rings. The van der Waals surface area contributed by atoms with Gasteiger partial charge in [0.05, 0.1) is 11.2 Å². The number of amides is 1. The SMILES string of the molecule is Nc1ccc2sc(C(=O)NCCc3cnc[nH]3)cc2c1. The Labute approximate surface area is 119 Å².